The van der Waals surface area contributed by atoms with Gasteiger partial charge >= 0.3 is 19.8 Å². The second kappa shape index (κ2) is 58.6. The summed E-state index contributed by atoms with van der Waals surface area (Å²) in [6, 6.07) is 0. The fourth-order valence-corrected chi connectivity index (χ4v) is 9.44. The van der Waals surface area contributed by atoms with Crippen LogP contribution < -0.4 is 0 Å². The molecule has 9 nitrogen and oxygen atoms in total. The number of unbranched alkanes of at least 4 members (excludes halogenated alkanes) is 28. The molecule has 0 spiro atoms. The number of nitrogens with zero attached hydrogens (tertiary/aromatic N) is 1. The van der Waals surface area contributed by atoms with Gasteiger partial charge in [0.25, 0.3) is 0 Å². The van der Waals surface area contributed by atoms with Gasteiger partial charge in [0.1, 0.15) is 19.8 Å². The van der Waals surface area contributed by atoms with E-state index in [0.29, 0.717) is 17.4 Å². The van der Waals surface area contributed by atoms with Crippen molar-refractivity contribution in [2.24, 2.45) is 0 Å². The van der Waals surface area contributed by atoms with Crippen LogP contribution >= 0.6 is 7.82 Å². The molecule has 10 heteroatoms. The molecule has 0 aliphatic carbocycles. The largest absolute Gasteiger partial charge is 0.472 e. The molecule has 0 amide bonds. The highest BCUT2D eigenvalue weighted by molar-refractivity contribution is 7.47. The SMILES string of the molecule is CC/C=C\C/C=C\C/C=C\C/C=C\C/C=C\CCCCCCCCCCCCCCCCCC(=O)OC(COC(=O)CCCCCCCCCC/C=C\C/C=C\C/C=C\CCCCCCC)COP(=O)(O)OCC[N+](C)(C)C. The Hall–Kier alpha value is -3.07. The second-order valence-electron chi connectivity index (χ2n) is 22.4. The third kappa shape index (κ3) is 62.1. The minimum atomic E-state index is -4.40. The molecule has 0 aromatic heterocycles. The number of hydrogen-bond donors (Lipinski definition) is 1. The summed E-state index contributed by atoms with van der Waals surface area (Å²) in [6.45, 7) is 4.32. The average molecular weight is 1110 g/mol. The predicted octanol–water partition coefficient (Wildman–Crippen LogP) is 20.4. The van der Waals surface area contributed by atoms with E-state index in [1.807, 2.05) is 21.1 Å². The maximum absolute atomic E-state index is 12.9. The van der Waals surface area contributed by atoms with Crippen LogP contribution in [-0.4, -0.2) is 74.9 Å². The van der Waals surface area contributed by atoms with Crippen LogP contribution in [0.25, 0.3) is 0 Å². The van der Waals surface area contributed by atoms with Crippen molar-refractivity contribution in [3.8, 4) is 0 Å². The molecular weight excluding hydrogens is 990 g/mol. The van der Waals surface area contributed by atoms with E-state index < -0.39 is 26.5 Å². The highest BCUT2D eigenvalue weighted by Gasteiger charge is 2.27. The van der Waals surface area contributed by atoms with E-state index in [1.165, 1.54) is 141 Å². The molecule has 2 unspecified atom stereocenters. The van der Waals surface area contributed by atoms with Gasteiger partial charge in [-0.3, -0.25) is 18.6 Å². The minimum Gasteiger partial charge on any atom is -0.462 e. The van der Waals surface area contributed by atoms with Gasteiger partial charge in [-0.05, 0) is 96.3 Å². The Labute approximate surface area is 481 Å². The van der Waals surface area contributed by atoms with Gasteiger partial charge in [0.2, 0.25) is 0 Å². The Kier molecular flexibility index (Phi) is 56.3. The van der Waals surface area contributed by atoms with Gasteiger partial charge in [0, 0.05) is 12.8 Å². The molecule has 78 heavy (non-hydrogen) atoms. The zero-order chi connectivity index (χ0) is 57.0. The molecule has 0 saturated carbocycles. The summed E-state index contributed by atoms with van der Waals surface area (Å²) < 4.78 is 34.7. The van der Waals surface area contributed by atoms with Crippen molar-refractivity contribution in [3.63, 3.8) is 0 Å². The van der Waals surface area contributed by atoms with Crippen molar-refractivity contribution in [1.29, 1.82) is 0 Å². The van der Waals surface area contributed by atoms with Gasteiger partial charge in [0.15, 0.2) is 6.10 Å². The summed E-state index contributed by atoms with van der Waals surface area (Å²) in [5.74, 6) is -0.803. The van der Waals surface area contributed by atoms with E-state index >= 15 is 0 Å². The summed E-state index contributed by atoms with van der Waals surface area (Å²) in [6.07, 6.45) is 80.5. The number of carbonyl (C=O) groups excluding carboxylic acids is 2. The summed E-state index contributed by atoms with van der Waals surface area (Å²) >= 11 is 0. The highest BCUT2D eigenvalue weighted by Crippen LogP contribution is 2.43. The van der Waals surface area contributed by atoms with Gasteiger partial charge in [-0.2, -0.15) is 0 Å². The van der Waals surface area contributed by atoms with E-state index in [0.717, 1.165) is 96.3 Å². The topological polar surface area (TPSA) is 108 Å². The number of likely N-dealkylation sites (N-methyl/N-ethyl adjacent to an activating group) is 1. The van der Waals surface area contributed by atoms with Crippen LogP contribution in [0.4, 0.5) is 0 Å². The second-order valence-corrected chi connectivity index (χ2v) is 23.9. The first kappa shape index (κ1) is 74.9. The van der Waals surface area contributed by atoms with Gasteiger partial charge in [0.05, 0.1) is 27.7 Å². The Morgan fingerprint density at radius 1 is 0.410 bits per heavy atom. The molecular formula is C68H121NO8P+. The van der Waals surface area contributed by atoms with Crippen LogP contribution in [-0.2, 0) is 32.7 Å². The number of quaternary nitrogens is 1. The van der Waals surface area contributed by atoms with Crippen LogP contribution in [0, 0.1) is 0 Å². The fraction of sp³-hybridized carbons (Fsp3) is 0.735. The first-order valence-electron chi connectivity index (χ1n) is 32.0. The molecule has 0 heterocycles. The van der Waals surface area contributed by atoms with Gasteiger partial charge in [-0.25, -0.2) is 4.57 Å². The van der Waals surface area contributed by atoms with E-state index in [2.05, 4.69) is 111 Å². The van der Waals surface area contributed by atoms with Crippen LogP contribution in [0.3, 0.4) is 0 Å². The lowest BCUT2D eigenvalue weighted by Gasteiger charge is -2.24. The average Bonchev–Trinajstić information content (AvgIpc) is 3.40. The van der Waals surface area contributed by atoms with Crippen LogP contribution in [0.2, 0.25) is 0 Å². The molecule has 0 aliphatic rings. The number of hydrogen-bond acceptors (Lipinski definition) is 7. The standard InChI is InChI=1S/C68H120NO8P/c1-6-8-10-12-14-16-18-20-22-24-26-28-30-31-32-33-34-35-36-37-39-41-43-45-47-49-51-53-55-57-59-61-68(71)77-66(65-76-78(72,73)75-63-62-69(3,4)5)64-74-67(70)60-58-56-54-52-50-48-46-44-42-40-38-29-27-25-23-21-19-17-15-13-11-9-7-2/h8,10,14,16,19-22,25-28,31-32,38,40,66H,6-7,9,11-13,15,17-18,23-24,29-30,33-37,39,41-65H2,1-5H3/p+1/b10-8-,16-14-,21-19-,22-20-,27-25-,28-26-,32-31-,40-38-. The molecule has 1 N–H and O–H groups in total. The van der Waals surface area contributed by atoms with Crippen molar-refractivity contribution in [2.75, 3.05) is 47.5 Å². The maximum Gasteiger partial charge on any atom is 0.472 e. The normalized spacial score (nSPS) is 13.9. The third-order valence-electron chi connectivity index (χ3n) is 13.6. The van der Waals surface area contributed by atoms with Crippen molar-refractivity contribution in [3.05, 3.63) is 97.2 Å². The number of phosphoric ester groups is 1. The zero-order valence-electron chi connectivity index (χ0n) is 51.1. The lowest BCUT2D eigenvalue weighted by atomic mass is 10.0. The smallest absolute Gasteiger partial charge is 0.462 e. The van der Waals surface area contributed by atoms with Crippen LogP contribution in [0.5, 0.6) is 0 Å². The monoisotopic (exact) mass is 1110 g/mol. The molecule has 450 valence electrons. The molecule has 0 radical (unpaired) electrons. The Morgan fingerprint density at radius 2 is 0.731 bits per heavy atom. The number of phosphoric acid groups is 1. The molecule has 0 aromatic rings. The summed E-state index contributed by atoms with van der Waals surface area (Å²) in [5.41, 5.74) is 0. The lowest BCUT2D eigenvalue weighted by molar-refractivity contribution is -0.870. The molecule has 0 rings (SSSR count). The summed E-state index contributed by atoms with van der Waals surface area (Å²) in [7, 11) is 1.47. The van der Waals surface area contributed by atoms with E-state index in [4.69, 9.17) is 18.5 Å². The molecule has 0 saturated heterocycles. The van der Waals surface area contributed by atoms with E-state index in [9.17, 15) is 19.0 Å². The number of allylic oxidation sites excluding steroid dienone is 16. The number of carbonyl (C=O) groups is 2. The minimum absolute atomic E-state index is 0.0271. The highest BCUT2D eigenvalue weighted by atomic mass is 31.2. The van der Waals surface area contributed by atoms with Crippen LogP contribution in [0.15, 0.2) is 97.2 Å². The van der Waals surface area contributed by atoms with E-state index in [-0.39, 0.29) is 32.0 Å². The number of rotatable bonds is 58. The summed E-state index contributed by atoms with van der Waals surface area (Å²) in [5, 5.41) is 0. The van der Waals surface area contributed by atoms with E-state index in [1.54, 1.807) is 0 Å². The number of esters is 2. The van der Waals surface area contributed by atoms with Gasteiger partial charge in [-0.15, -0.1) is 0 Å². The van der Waals surface area contributed by atoms with Crippen molar-refractivity contribution in [1.82, 2.24) is 0 Å². The zero-order valence-corrected chi connectivity index (χ0v) is 52.0. The van der Waals surface area contributed by atoms with Crippen LogP contribution in [0.1, 0.15) is 271 Å². The molecule has 0 aromatic carbocycles. The molecule has 0 bridgehead atoms. The Balaban J connectivity index is 4.12. The maximum atomic E-state index is 12.9. The van der Waals surface area contributed by atoms with Gasteiger partial charge < -0.3 is 18.9 Å². The fourth-order valence-electron chi connectivity index (χ4n) is 8.70. The summed E-state index contributed by atoms with van der Waals surface area (Å²) in [4.78, 5) is 35.8. The lowest BCUT2D eigenvalue weighted by Crippen LogP contribution is -2.37. The Bertz CT molecular complexity index is 1640. The van der Waals surface area contributed by atoms with Crippen molar-refractivity contribution < 1.29 is 42.1 Å². The third-order valence-corrected chi connectivity index (χ3v) is 14.6. The Morgan fingerprint density at radius 3 is 1.09 bits per heavy atom. The molecule has 0 fully saturated rings. The molecule has 0 aliphatic heterocycles. The first-order valence-corrected chi connectivity index (χ1v) is 33.5. The first-order chi connectivity index (χ1) is 38.0. The van der Waals surface area contributed by atoms with Crippen molar-refractivity contribution >= 4 is 19.8 Å². The predicted molar refractivity (Wildman–Crippen MR) is 335 cm³/mol. The van der Waals surface area contributed by atoms with Gasteiger partial charge in [-0.1, -0.05) is 259 Å². The number of ether oxygens (including phenoxy) is 2. The quantitative estimate of drug-likeness (QED) is 0.0211. The van der Waals surface area contributed by atoms with Crippen molar-refractivity contribution in [2.45, 2.75) is 277 Å². The molecule has 2 atom stereocenters.